The number of aliphatic hydroxyl groups excluding tert-OH is 1. The Labute approximate surface area is 103 Å². The minimum Gasteiger partial charge on any atom is -0.389 e. The maximum absolute atomic E-state index is 9.84. The van der Waals surface area contributed by atoms with Gasteiger partial charge in [-0.15, -0.1) is 0 Å². The second-order valence-electron chi connectivity index (χ2n) is 4.24. The lowest BCUT2D eigenvalue weighted by atomic mass is 10.1. The Bertz CT molecular complexity index is 556. The molecule has 2 aromatic heterocycles. The van der Waals surface area contributed by atoms with E-state index in [-0.39, 0.29) is 12.0 Å². The van der Waals surface area contributed by atoms with Crippen molar-refractivity contribution in [1.82, 2.24) is 20.2 Å². The Morgan fingerprint density at radius 1 is 1.50 bits per heavy atom. The van der Waals surface area contributed by atoms with Crippen LogP contribution in [0.4, 0.5) is 11.8 Å². The van der Waals surface area contributed by atoms with Gasteiger partial charge >= 0.3 is 0 Å². The van der Waals surface area contributed by atoms with Gasteiger partial charge in [0.2, 0.25) is 5.95 Å². The zero-order valence-corrected chi connectivity index (χ0v) is 9.63. The molecule has 0 spiro atoms. The van der Waals surface area contributed by atoms with Crippen molar-refractivity contribution in [2.45, 2.75) is 18.6 Å². The van der Waals surface area contributed by atoms with E-state index >= 15 is 0 Å². The van der Waals surface area contributed by atoms with Crippen LogP contribution >= 0.6 is 0 Å². The van der Waals surface area contributed by atoms with E-state index in [1.165, 1.54) is 0 Å². The van der Waals surface area contributed by atoms with Crippen molar-refractivity contribution in [3.8, 4) is 0 Å². The van der Waals surface area contributed by atoms with Gasteiger partial charge in [0.1, 0.15) is 5.82 Å². The number of nitrogens with one attached hydrogen (secondary N) is 2. The number of aromatic nitrogens is 4. The molecule has 2 atom stereocenters. The van der Waals surface area contributed by atoms with Crippen molar-refractivity contribution in [3.63, 3.8) is 0 Å². The molecule has 0 saturated carbocycles. The summed E-state index contributed by atoms with van der Waals surface area (Å²) < 4.78 is 5.18. The summed E-state index contributed by atoms with van der Waals surface area (Å²) in [5.41, 5.74) is 6.20. The fourth-order valence-corrected chi connectivity index (χ4v) is 2.03. The summed E-state index contributed by atoms with van der Waals surface area (Å²) in [7, 11) is 0. The quantitative estimate of drug-likeness (QED) is 0.566. The van der Waals surface area contributed by atoms with E-state index in [1.807, 2.05) is 0 Å². The molecular weight excluding hydrogens is 236 g/mol. The standard InChI is InChI=1S/C10H14N6O2/c11-10-14-8(5-3-12-16-9(5)15-10)13-6-1-2-18-4-7(6)17/h3,6-7,17H,1-2,4H2,(H4,11,12,13,14,15,16)/t6-,7-/m1/s1. The topological polar surface area (TPSA) is 122 Å². The number of fused-ring (bicyclic) bond motifs is 1. The molecule has 1 fully saturated rings. The number of nitrogens with two attached hydrogens (primary N) is 1. The van der Waals surface area contributed by atoms with Gasteiger partial charge in [-0.3, -0.25) is 5.10 Å². The van der Waals surface area contributed by atoms with Crippen LogP contribution in [-0.2, 0) is 4.74 Å². The largest absolute Gasteiger partial charge is 0.389 e. The molecule has 3 rings (SSSR count). The summed E-state index contributed by atoms with van der Waals surface area (Å²) in [6.45, 7) is 0.941. The highest BCUT2D eigenvalue weighted by molar-refractivity contribution is 5.86. The fourth-order valence-electron chi connectivity index (χ4n) is 2.03. The molecule has 1 aliphatic rings. The number of aromatic amines is 1. The number of aliphatic hydroxyl groups is 1. The molecule has 8 nitrogen and oxygen atoms in total. The van der Waals surface area contributed by atoms with Crippen LogP contribution < -0.4 is 11.1 Å². The van der Waals surface area contributed by atoms with E-state index in [2.05, 4.69) is 25.5 Å². The molecule has 0 bridgehead atoms. The summed E-state index contributed by atoms with van der Waals surface area (Å²) >= 11 is 0. The van der Waals surface area contributed by atoms with Crippen molar-refractivity contribution in [1.29, 1.82) is 0 Å². The van der Waals surface area contributed by atoms with Crippen LogP contribution in [0, 0.1) is 0 Å². The van der Waals surface area contributed by atoms with E-state index < -0.39 is 6.10 Å². The van der Waals surface area contributed by atoms with E-state index in [9.17, 15) is 5.11 Å². The van der Waals surface area contributed by atoms with Gasteiger partial charge < -0.3 is 20.9 Å². The molecule has 1 aliphatic heterocycles. The predicted octanol–water partition coefficient (Wildman–Crippen LogP) is -0.503. The van der Waals surface area contributed by atoms with Gasteiger partial charge in [0.25, 0.3) is 0 Å². The van der Waals surface area contributed by atoms with Crippen molar-refractivity contribution < 1.29 is 9.84 Å². The monoisotopic (exact) mass is 250 g/mol. The Hall–Kier alpha value is -1.93. The molecule has 5 N–H and O–H groups in total. The Kier molecular flexibility index (Phi) is 2.73. The lowest BCUT2D eigenvalue weighted by molar-refractivity contribution is -0.0135. The highest BCUT2D eigenvalue weighted by atomic mass is 16.5. The van der Waals surface area contributed by atoms with E-state index in [0.29, 0.717) is 31.1 Å². The summed E-state index contributed by atoms with van der Waals surface area (Å²) in [6, 6.07) is -0.105. The third kappa shape index (κ3) is 1.95. The average molecular weight is 250 g/mol. The van der Waals surface area contributed by atoms with Crippen molar-refractivity contribution in [2.24, 2.45) is 0 Å². The molecule has 1 saturated heterocycles. The molecular formula is C10H14N6O2. The number of ether oxygens (including phenoxy) is 1. The van der Waals surface area contributed by atoms with E-state index in [0.717, 1.165) is 5.39 Å². The average Bonchev–Trinajstić information content (AvgIpc) is 2.80. The molecule has 0 aliphatic carbocycles. The third-order valence-electron chi connectivity index (χ3n) is 2.98. The molecule has 2 aromatic rings. The van der Waals surface area contributed by atoms with Gasteiger partial charge in [0, 0.05) is 6.61 Å². The molecule has 0 amide bonds. The van der Waals surface area contributed by atoms with Crippen molar-refractivity contribution in [2.75, 3.05) is 24.3 Å². The summed E-state index contributed by atoms with van der Waals surface area (Å²) in [5, 5.41) is 20.4. The minimum atomic E-state index is -0.558. The lowest BCUT2D eigenvalue weighted by Crippen LogP contribution is -2.42. The van der Waals surface area contributed by atoms with E-state index in [4.69, 9.17) is 10.5 Å². The molecule has 96 valence electrons. The smallest absolute Gasteiger partial charge is 0.224 e. The molecule has 18 heavy (non-hydrogen) atoms. The fraction of sp³-hybridized carbons (Fsp3) is 0.500. The first-order chi connectivity index (χ1) is 8.74. The van der Waals surface area contributed by atoms with Gasteiger partial charge in [-0.25, -0.2) is 0 Å². The summed E-state index contributed by atoms with van der Waals surface area (Å²) in [4.78, 5) is 8.18. The second kappa shape index (κ2) is 4.39. The first kappa shape index (κ1) is 11.2. The normalized spacial score (nSPS) is 24.3. The van der Waals surface area contributed by atoms with Crippen LogP contribution in [-0.4, -0.2) is 50.6 Å². The first-order valence-electron chi connectivity index (χ1n) is 5.73. The molecule has 0 radical (unpaired) electrons. The first-order valence-corrected chi connectivity index (χ1v) is 5.73. The minimum absolute atomic E-state index is 0.105. The Morgan fingerprint density at radius 2 is 2.39 bits per heavy atom. The van der Waals surface area contributed by atoms with Crippen LogP contribution in [0.15, 0.2) is 6.20 Å². The van der Waals surface area contributed by atoms with Crippen LogP contribution in [0.5, 0.6) is 0 Å². The number of nitrogens with zero attached hydrogens (tertiary/aromatic N) is 3. The molecule has 8 heteroatoms. The number of hydrogen-bond acceptors (Lipinski definition) is 7. The summed E-state index contributed by atoms with van der Waals surface area (Å²) in [6.07, 6.45) is 1.78. The molecule has 3 heterocycles. The van der Waals surface area contributed by atoms with Crippen LogP contribution in [0.3, 0.4) is 0 Å². The van der Waals surface area contributed by atoms with E-state index in [1.54, 1.807) is 6.20 Å². The van der Waals surface area contributed by atoms with Gasteiger partial charge in [-0.1, -0.05) is 0 Å². The predicted molar refractivity (Wildman–Crippen MR) is 64.9 cm³/mol. The number of rotatable bonds is 2. The molecule has 0 unspecified atom stereocenters. The van der Waals surface area contributed by atoms with Crippen LogP contribution in [0.1, 0.15) is 6.42 Å². The van der Waals surface area contributed by atoms with Crippen molar-refractivity contribution in [3.05, 3.63) is 6.20 Å². The lowest BCUT2D eigenvalue weighted by Gasteiger charge is -2.28. The molecule has 0 aromatic carbocycles. The maximum Gasteiger partial charge on any atom is 0.224 e. The third-order valence-corrected chi connectivity index (χ3v) is 2.98. The van der Waals surface area contributed by atoms with Crippen LogP contribution in [0.2, 0.25) is 0 Å². The second-order valence-corrected chi connectivity index (χ2v) is 4.24. The number of anilines is 2. The van der Waals surface area contributed by atoms with Gasteiger partial charge in [0.15, 0.2) is 5.65 Å². The van der Waals surface area contributed by atoms with Gasteiger partial charge in [-0.2, -0.15) is 15.1 Å². The number of H-pyrrole nitrogens is 1. The van der Waals surface area contributed by atoms with Gasteiger partial charge in [0.05, 0.1) is 30.3 Å². The van der Waals surface area contributed by atoms with Crippen molar-refractivity contribution >= 4 is 22.8 Å². The Morgan fingerprint density at radius 3 is 3.22 bits per heavy atom. The number of hydrogen-bond donors (Lipinski definition) is 4. The van der Waals surface area contributed by atoms with Gasteiger partial charge in [-0.05, 0) is 6.42 Å². The Balaban J connectivity index is 1.91. The zero-order chi connectivity index (χ0) is 12.5. The SMILES string of the molecule is Nc1nc(N[C@@H]2CCOC[C@H]2O)c2cn[nH]c2n1. The summed E-state index contributed by atoms with van der Waals surface area (Å²) in [5.74, 6) is 0.744. The zero-order valence-electron chi connectivity index (χ0n) is 9.63. The maximum atomic E-state index is 9.84. The number of nitrogen functional groups attached to an aromatic ring is 1. The highest BCUT2D eigenvalue weighted by Gasteiger charge is 2.24. The highest BCUT2D eigenvalue weighted by Crippen LogP contribution is 2.21. The van der Waals surface area contributed by atoms with Crippen LogP contribution in [0.25, 0.3) is 11.0 Å².